The minimum atomic E-state index is -0.489. The summed E-state index contributed by atoms with van der Waals surface area (Å²) in [6.07, 6.45) is 3.40. The number of amides is 3. The Balaban J connectivity index is 1.91. The highest BCUT2D eigenvalue weighted by Gasteiger charge is 2.20. The van der Waals surface area contributed by atoms with Crippen LogP contribution in [0, 0.1) is 0 Å². The smallest absolute Gasteiger partial charge is 0.324 e. The molecular weight excluding hydrogens is 196 g/mol. The standard InChI is InChI=1S/C10H12N2O3/c13-9(8-4-3-7-15-8)11-10(14)12-5-1-2-6-12/h3-4,7H,1-2,5-6H2,(H,11,13,14). The predicted molar refractivity (Wildman–Crippen MR) is 52.4 cm³/mol. The first-order valence-corrected chi connectivity index (χ1v) is 4.91. The van der Waals surface area contributed by atoms with E-state index < -0.39 is 5.91 Å². The molecule has 5 heteroatoms. The van der Waals surface area contributed by atoms with Crippen molar-refractivity contribution < 1.29 is 14.0 Å². The van der Waals surface area contributed by atoms with Gasteiger partial charge < -0.3 is 9.32 Å². The topological polar surface area (TPSA) is 62.6 Å². The zero-order valence-corrected chi connectivity index (χ0v) is 8.23. The molecule has 15 heavy (non-hydrogen) atoms. The average molecular weight is 208 g/mol. The lowest BCUT2D eigenvalue weighted by atomic mass is 10.4. The number of carbonyl (C=O) groups is 2. The highest BCUT2D eigenvalue weighted by atomic mass is 16.3. The minimum absolute atomic E-state index is 0.155. The molecule has 1 aromatic heterocycles. The fraction of sp³-hybridized carbons (Fsp3) is 0.400. The van der Waals surface area contributed by atoms with Crippen molar-refractivity contribution in [3.63, 3.8) is 0 Å². The molecule has 0 aromatic carbocycles. The van der Waals surface area contributed by atoms with Crippen LogP contribution in [0.2, 0.25) is 0 Å². The lowest BCUT2D eigenvalue weighted by Crippen LogP contribution is -2.41. The Kier molecular flexibility index (Phi) is 2.71. The van der Waals surface area contributed by atoms with Crippen molar-refractivity contribution in [1.82, 2.24) is 10.2 Å². The maximum atomic E-state index is 11.5. The Bertz CT molecular complexity index is 353. The Morgan fingerprint density at radius 2 is 2.07 bits per heavy atom. The van der Waals surface area contributed by atoms with Crippen molar-refractivity contribution in [2.45, 2.75) is 12.8 Å². The number of hydrogen-bond donors (Lipinski definition) is 1. The molecule has 2 rings (SSSR count). The van der Waals surface area contributed by atoms with Crippen LogP contribution in [0.4, 0.5) is 4.79 Å². The van der Waals surface area contributed by atoms with E-state index in [1.54, 1.807) is 11.0 Å². The number of nitrogens with one attached hydrogen (secondary N) is 1. The average Bonchev–Trinajstić information content (AvgIpc) is 2.91. The lowest BCUT2D eigenvalue weighted by molar-refractivity contribution is 0.0927. The van der Waals surface area contributed by atoms with E-state index in [1.807, 2.05) is 0 Å². The van der Waals surface area contributed by atoms with Gasteiger partial charge in [-0.2, -0.15) is 0 Å². The van der Waals surface area contributed by atoms with Crippen molar-refractivity contribution in [2.24, 2.45) is 0 Å². The van der Waals surface area contributed by atoms with Crippen LogP contribution in [0.5, 0.6) is 0 Å². The van der Waals surface area contributed by atoms with E-state index in [1.165, 1.54) is 12.3 Å². The summed E-state index contributed by atoms with van der Waals surface area (Å²) in [6.45, 7) is 1.44. The molecule has 1 aromatic rings. The van der Waals surface area contributed by atoms with Crippen LogP contribution in [-0.2, 0) is 0 Å². The van der Waals surface area contributed by atoms with Crippen LogP contribution in [0.15, 0.2) is 22.8 Å². The van der Waals surface area contributed by atoms with Crippen molar-refractivity contribution in [2.75, 3.05) is 13.1 Å². The summed E-state index contributed by atoms with van der Waals surface area (Å²) >= 11 is 0. The zero-order chi connectivity index (χ0) is 10.7. The van der Waals surface area contributed by atoms with Gasteiger partial charge in [0.05, 0.1) is 6.26 Å². The number of hydrogen-bond acceptors (Lipinski definition) is 3. The fourth-order valence-electron chi connectivity index (χ4n) is 1.57. The zero-order valence-electron chi connectivity index (χ0n) is 8.23. The molecule has 0 spiro atoms. The third-order valence-electron chi connectivity index (χ3n) is 2.36. The highest BCUT2D eigenvalue weighted by Crippen LogP contribution is 2.07. The number of carbonyl (C=O) groups excluding carboxylic acids is 2. The van der Waals surface area contributed by atoms with Gasteiger partial charge in [-0.1, -0.05) is 0 Å². The van der Waals surface area contributed by atoms with Gasteiger partial charge in [-0.15, -0.1) is 0 Å². The van der Waals surface area contributed by atoms with Crippen molar-refractivity contribution in [3.05, 3.63) is 24.2 Å². The summed E-state index contributed by atoms with van der Waals surface area (Å²) in [7, 11) is 0. The van der Waals surface area contributed by atoms with Gasteiger partial charge in [0.15, 0.2) is 5.76 Å². The number of rotatable bonds is 1. The van der Waals surface area contributed by atoms with Gasteiger partial charge in [-0.3, -0.25) is 10.1 Å². The maximum absolute atomic E-state index is 11.5. The van der Waals surface area contributed by atoms with Gasteiger partial charge in [0.1, 0.15) is 0 Å². The second kappa shape index (κ2) is 4.16. The largest absolute Gasteiger partial charge is 0.459 e. The Morgan fingerprint density at radius 3 is 2.67 bits per heavy atom. The van der Waals surface area contributed by atoms with E-state index in [-0.39, 0.29) is 11.8 Å². The second-order valence-electron chi connectivity index (χ2n) is 3.43. The van der Waals surface area contributed by atoms with E-state index in [2.05, 4.69) is 5.32 Å². The molecule has 0 unspecified atom stereocenters. The predicted octanol–water partition coefficient (Wildman–Crippen LogP) is 1.23. The van der Waals surface area contributed by atoms with Gasteiger partial charge in [0.25, 0.3) is 5.91 Å². The molecule has 0 saturated carbocycles. The van der Waals surface area contributed by atoms with Crippen LogP contribution < -0.4 is 5.32 Å². The summed E-state index contributed by atoms with van der Waals surface area (Å²) in [4.78, 5) is 24.5. The van der Waals surface area contributed by atoms with Gasteiger partial charge in [-0.05, 0) is 25.0 Å². The molecule has 0 atom stereocenters. The second-order valence-corrected chi connectivity index (χ2v) is 3.43. The van der Waals surface area contributed by atoms with Crippen molar-refractivity contribution in [3.8, 4) is 0 Å². The molecule has 1 N–H and O–H groups in total. The summed E-state index contributed by atoms with van der Waals surface area (Å²) in [5.74, 6) is -0.334. The first kappa shape index (κ1) is 9.76. The van der Waals surface area contributed by atoms with E-state index in [9.17, 15) is 9.59 Å². The maximum Gasteiger partial charge on any atom is 0.324 e. The van der Waals surface area contributed by atoms with Crippen LogP contribution in [0.3, 0.4) is 0 Å². The van der Waals surface area contributed by atoms with Gasteiger partial charge >= 0.3 is 6.03 Å². The molecular formula is C10H12N2O3. The summed E-state index contributed by atoms with van der Waals surface area (Å²) in [5, 5.41) is 2.28. The molecule has 2 heterocycles. The molecule has 1 aliphatic rings. The fourth-order valence-corrected chi connectivity index (χ4v) is 1.57. The summed E-state index contributed by atoms with van der Waals surface area (Å²) in [6, 6.07) is 2.79. The Labute approximate surface area is 87.0 Å². The lowest BCUT2D eigenvalue weighted by Gasteiger charge is -2.14. The third-order valence-corrected chi connectivity index (χ3v) is 2.36. The molecule has 1 aliphatic heterocycles. The van der Waals surface area contributed by atoms with Gasteiger partial charge in [0.2, 0.25) is 0 Å². The number of imide groups is 1. The molecule has 3 amide bonds. The SMILES string of the molecule is O=C(NC(=O)N1CCCC1)c1ccco1. The van der Waals surface area contributed by atoms with E-state index in [0.29, 0.717) is 0 Å². The van der Waals surface area contributed by atoms with E-state index >= 15 is 0 Å². The molecule has 0 bridgehead atoms. The Hall–Kier alpha value is -1.78. The van der Waals surface area contributed by atoms with E-state index in [4.69, 9.17) is 4.42 Å². The number of likely N-dealkylation sites (tertiary alicyclic amines) is 1. The molecule has 5 nitrogen and oxygen atoms in total. The molecule has 0 aliphatic carbocycles. The van der Waals surface area contributed by atoms with Crippen LogP contribution >= 0.6 is 0 Å². The number of furan rings is 1. The van der Waals surface area contributed by atoms with Crippen molar-refractivity contribution in [1.29, 1.82) is 0 Å². The monoisotopic (exact) mass is 208 g/mol. The normalized spacial score (nSPS) is 15.3. The van der Waals surface area contributed by atoms with Crippen LogP contribution in [-0.4, -0.2) is 29.9 Å². The Morgan fingerprint density at radius 1 is 1.33 bits per heavy atom. The van der Waals surface area contributed by atoms with Gasteiger partial charge in [-0.25, -0.2) is 4.79 Å². The van der Waals surface area contributed by atoms with E-state index in [0.717, 1.165) is 25.9 Å². The first-order valence-electron chi connectivity index (χ1n) is 4.91. The number of nitrogens with zero attached hydrogens (tertiary/aromatic N) is 1. The summed E-state index contributed by atoms with van der Waals surface area (Å²) in [5.41, 5.74) is 0. The van der Waals surface area contributed by atoms with Crippen molar-refractivity contribution >= 4 is 11.9 Å². The quantitative estimate of drug-likeness (QED) is 0.754. The molecule has 0 radical (unpaired) electrons. The highest BCUT2D eigenvalue weighted by molar-refractivity contribution is 6.02. The molecule has 1 saturated heterocycles. The summed E-state index contributed by atoms with van der Waals surface area (Å²) < 4.78 is 4.88. The first-order chi connectivity index (χ1) is 7.27. The molecule has 1 fully saturated rings. The van der Waals surface area contributed by atoms with Gasteiger partial charge in [0, 0.05) is 13.1 Å². The molecule has 80 valence electrons. The third kappa shape index (κ3) is 2.18. The minimum Gasteiger partial charge on any atom is -0.459 e. The van der Waals surface area contributed by atoms with Crippen LogP contribution in [0.25, 0.3) is 0 Å². The van der Waals surface area contributed by atoms with Crippen LogP contribution in [0.1, 0.15) is 23.4 Å². The number of urea groups is 1.